The van der Waals surface area contributed by atoms with Crippen LogP contribution in [-0.2, 0) is 15.9 Å². The van der Waals surface area contributed by atoms with Crippen LogP contribution in [0.2, 0.25) is 0 Å². The van der Waals surface area contributed by atoms with Crippen LogP contribution in [0.25, 0.3) is 10.9 Å². The quantitative estimate of drug-likeness (QED) is 0.823. The fourth-order valence-electron chi connectivity index (χ4n) is 1.95. The molecule has 17 heavy (non-hydrogen) atoms. The summed E-state index contributed by atoms with van der Waals surface area (Å²) in [5.74, 6) is -0.318. The van der Waals surface area contributed by atoms with Gasteiger partial charge in [-0.25, -0.2) is 4.79 Å². The Bertz CT molecular complexity index is 530. The molecule has 0 radical (unpaired) electrons. The first-order valence-corrected chi connectivity index (χ1v) is 5.44. The molecule has 0 aliphatic carbocycles. The molecular formula is C13H15NO3. The van der Waals surface area contributed by atoms with Crippen LogP contribution < -0.4 is 0 Å². The first-order chi connectivity index (χ1) is 8.27. The molecule has 4 nitrogen and oxygen atoms in total. The fraction of sp³-hybridized carbons (Fsp3) is 0.308. The SMILES string of the molecule is COCCc1cccc2[nH]cc(C(=O)OC)c12. The zero-order valence-electron chi connectivity index (χ0n) is 9.95. The third-order valence-corrected chi connectivity index (χ3v) is 2.77. The Morgan fingerprint density at radius 2 is 2.18 bits per heavy atom. The van der Waals surface area contributed by atoms with E-state index in [1.807, 2.05) is 18.2 Å². The highest BCUT2D eigenvalue weighted by Gasteiger charge is 2.14. The number of fused-ring (bicyclic) bond motifs is 1. The predicted molar refractivity (Wildman–Crippen MR) is 65.2 cm³/mol. The van der Waals surface area contributed by atoms with Crippen LogP contribution in [0.3, 0.4) is 0 Å². The van der Waals surface area contributed by atoms with Gasteiger partial charge in [0.05, 0.1) is 19.3 Å². The summed E-state index contributed by atoms with van der Waals surface area (Å²) >= 11 is 0. The summed E-state index contributed by atoms with van der Waals surface area (Å²) in [6, 6.07) is 5.91. The topological polar surface area (TPSA) is 51.3 Å². The van der Waals surface area contributed by atoms with E-state index >= 15 is 0 Å². The zero-order chi connectivity index (χ0) is 12.3. The van der Waals surface area contributed by atoms with Crippen molar-refractivity contribution in [1.82, 2.24) is 4.98 Å². The summed E-state index contributed by atoms with van der Waals surface area (Å²) in [7, 11) is 3.05. The monoisotopic (exact) mass is 233 g/mol. The molecule has 1 N–H and O–H groups in total. The number of hydrogen-bond donors (Lipinski definition) is 1. The van der Waals surface area contributed by atoms with Gasteiger partial charge in [0.1, 0.15) is 0 Å². The molecule has 1 aromatic heterocycles. The Morgan fingerprint density at radius 1 is 1.35 bits per heavy atom. The Kier molecular flexibility index (Phi) is 3.44. The summed E-state index contributed by atoms with van der Waals surface area (Å²) < 4.78 is 9.84. The van der Waals surface area contributed by atoms with Crippen molar-refractivity contribution >= 4 is 16.9 Å². The highest BCUT2D eigenvalue weighted by atomic mass is 16.5. The maximum Gasteiger partial charge on any atom is 0.340 e. The number of aromatic amines is 1. The van der Waals surface area contributed by atoms with Gasteiger partial charge < -0.3 is 14.5 Å². The average Bonchev–Trinajstić information content (AvgIpc) is 2.79. The van der Waals surface area contributed by atoms with Gasteiger partial charge in [0, 0.05) is 24.2 Å². The van der Waals surface area contributed by atoms with Crippen molar-refractivity contribution in [2.75, 3.05) is 20.8 Å². The molecule has 0 bridgehead atoms. The van der Waals surface area contributed by atoms with E-state index in [2.05, 4.69) is 4.98 Å². The Labute approximate surface area is 99.5 Å². The van der Waals surface area contributed by atoms with Crippen LogP contribution >= 0.6 is 0 Å². The number of nitrogens with one attached hydrogen (secondary N) is 1. The van der Waals surface area contributed by atoms with E-state index in [9.17, 15) is 4.79 Å². The molecule has 0 aliphatic heterocycles. The number of rotatable bonds is 4. The largest absolute Gasteiger partial charge is 0.465 e. The molecule has 0 unspecified atom stereocenters. The van der Waals surface area contributed by atoms with E-state index in [0.29, 0.717) is 12.2 Å². The van der Waals surface area contributed by atoms with Crippen LogP contribution in [0.5, 0.6) is 0 Å². The molecule has 0 saturated heterocycles. The molecule has 0 atom stereocenters. The lowest BCUT2D eigenvalue weighted by Gasteiger charge is -2.04. The molecule has 0 saturated carbocycles. The second-order valence-electron chi connectivity index (χ2n) is 3.78. The Morgan fingerprint density at radius 3 is 2.88 bits per heavy atom. The molecule has 0 spiro atoms. The Balaban J connectivity index is 2.51. The normalized spacial score (nSPS) is 10.7. The molecule has 4 heteroatoms. The lowest BCUT2D eigenvalue weighted by Crippen LogP contribution is -2.02. The fourth-order valence-corrected chi connectivity index (χ4v) is 1.95. The summed E-state index contributed by atoms with van der Waals surface area (Å²) in [6.07, 6.45) is 2.46. The molecule has 2 aromatic rings. The van der Waals surface area contributed by atoms with E-state index < -0.39 is 0 Å². The molecule has 0 amide bonds. The summed E-state index contributed by atoms with van der Waals surface area (Å²) in [4.78, 5) is 14.7. The van der Waals surface area contributed by atoms with E-state index in [4.69, 9.17) is 9.47 Å². The molecule has 1 heterocycles. The number of H-pyrrole nitrogens is 1. The van der Waals surface area contributed by atoms with Gasteiger partial charge in [-0.05, 0) is 18.1 Å². The van der Waals surface area contributed by atoms with Crippen LogP contribution in [0.4, 0.5) is 0 Å². The number of ether oxygens (including phenoxy) is 2. The number of esters is 1. The first-order valence-electron chi connectivity index (χ1n) is 5.44. The molecule has 0 fully saturated rings. The number of aromatic nitrogens is 1. The summed E-state index contributed by atoms with van der Waals surface area (Å²) in [5.41, 5.74) is 2.61. The molecule has 90 valence electrons. The average molecular weight is 233 g/mol. The van der Waals surface area contributed by atoms with E-state index in [0.717, 1.165) is 22.9 Å². The van der Waals surface area contributed by atoms with E-state index in [-0.39, 0.29) is 5.97 Å². The van der Waals surface area contributed by atoms with Crippen molar-refractivity contribution in [3.63, 3.8) is 0 Å². The second kappa shape index (κ2) is 5.01. The van der Waals surface area contributed by atoms with Gasteiger partial charge in [0.2, 0.25) is 0 Å². The third-order valence-electron chi connectivity index (χ3n) is 2.77. The maximum absolute atomic E-state index is 11.6. The lowest BCUT2D eigenvalue weighted by atomic mass is 10.0. The molecule has 0 aliphatic rings. The van der Waals surface area contributed by atoms with E-state index in [1.165, 1.54) is 7.11 Å². The van der Waals surface area contributed by atoms with Crippen molar-refractivity contribution in [2.45, 2.75) is 6.42 Å². The zero-order valence-corrected chi connectivity index (χ0v) is 9.95. The van der Waals surface area contributed by atoms with Gasteiger partial charge in [0.15, 0.2) is 0 Å². The molecular weight excluding hydrogens is 218 g/mol. The highest BCUT2D eigenvalue weighted by molar-refractivity contribution is 6.05. The minimum atomic E-state index is -0.318. The van der Waals surface area contributed by atoms with Gasteiger partial charge in [-0.2, -0.15) is 0 Å². The highest BCUT2D eigenvalue weighted by Crippen LogP contribution is 2.23. The van der Waals surface area contributed by atoms with Gasteiger partial charge in [0.25, 0.3) is 0 Å². The number of carbonyl (C=O) groups excluding carboxylic acids is 1. The summed E-state index contributed by atoms with van der Waals surface area (Å²) in [6.45, 7) is 0.630. The standard InChI is InChI=1S/C13H15NO3/c1-16-7-6-9-4-3-5-11-12(9)10(8-14-11)13(15)17-2/h3-5,8,14H,6-7H2,1-2H3. The third kappa shape index (κ3) is 2.17. The van der Waals surface area contributed by atoms with Crippen LogP contribution in [0, 0.1) is 0 Å². The van der Waals surface area contributed by atoms with Crippen molar-refractivity contribution < 1.29 is 14.3 Å². The Hall–Kier alpha value is -1.81. The van der Waals surface area contributed by atoms with Gasteiger partial charge in [-0.15, -0.1) is 0 Å². The second-order valence-corrected chi connectivity index (χ2v) is 3.78. The van der Waals surface area contributed by atoms with Gasteiger partial charge in [-0.3, -0.25) is 0 Å². The molecule has 1 aromatic carbocycles. The lowest BCUT2D eigenvalue weighted by molar-refractivity contribution is 0.0603. The van der Waals surface area contributed by atoms with E-state index in [1.54, 1.807) is 13.3 Å². The number of hydrogen-bond acceptors (Lipinski definition) is 3. The number of benzene rings is 1. The smallest absolute Gasteiger partial charge is 0.340 e. The summed E-state index contributed by atoms with van der Waals surface area (Å²) in [5, 5.41) is 0.927. The number of methoxy groups -OCH3 is 2. The van der Waals surface area contributed by atoms with Gasteiger partial charge in [-0.1, -0.05) is 12.1 Å². The minimum Gasteiger partial charge on any atom is -0.465 e. The predicted octanol–water partition coefficient (Wildman–Crippen LogP) is 2.14. The maximum atomic E-state index is 11.6. The van der Waals surface area contributed by atoms with Crippen LogP contribution in [-0.4, -0.2) is 31.8 Å². The number of carbonyl (C=O) groups is 1. The van der Waals surface area contributed by atoms with Crippen LogP contribution in [0.15, 0.2) is 24.4 Å². The van der Waals surface area contributed by atoms with Crippen molar-refractivity contribution in [2.24, 2.45) is 0 Å². The molecule has 2 rings (SSSR count). The van der Waals surface area contributed by atoms with Crippen molar-refractivity contribution in [3.05, 3.63) is 35.5 Å². The van der Waals surface area contributed by atoms with Crippen molar-refractivity contribution in [1.29, 1.82) is 0 Å². The first kappa shape index (κ1) is 11.7. The minimum absolute atomic E-state index is 0.318. The van der Waals surface area contributed by atoms with Crippen molar-refractivity contribution in [3.8, 4) is 0 Å². The van der Waals surface area contributed by atoms with Gasteiger partial charge >= 0.3 is 5.97 Å². The van der Waals surface area contributed by atoms with Crippen LogP contribution in [0.1, 0.15) is 15.9 Å².